The van der Waals surface area contributed by atoms with E-state index in [9.17, 15) is 5.11 Å². The molecule has 0 spiro atoms. The molecule has 1 aliphatic carbocycles. The molecule has 0 aromatic heterocycles. The van der Waals surface area contributed by atoms with E-state index in [-0.39, 0.29) is 0 Å². The van der Waals surface area contributed by atoms with Gasteiger partial charge in [-0.3, -0.25) is 0 Å². The van der Waals surface area contributed by atoms with Crippen molar-refractivity contribution in [1.82, 2.24) is 4.90 Å². The molecule has 0 aromatic carbocycles. The molecule has 1 saturated heterocycles. The maximum Gasteiger partial charge on any atom is 0.0644 e. The Kier molecular flexibility index (Phi) is 3.34. The molecule has 1 saturated carbocycles. The second-order valence-electron chi connectivity index (χ2n) is 5.78. The fourth-order valence-corrected chi connectivity index (χ4v) is 3.13. The normalized spacial score (nSPS) is 29.8. The Morgan fingerprint density at radius 2 is 1.80 bits per heavy atom. The van der Waals surface area contributed by atoms with Gasteiger partial charge in [-0.1, -0.05) is 6.42 Å². The number of piperidine rings is 1. The third kappa shape index (κ3) is 2.69. The maximum atomic E-state index is 9.88. The molecule has 1 heterocycles. The highest BCUT2D eigenvalue weighted by Crippen LogP contribution is 2.43. The summed E-state index contributed by atoms with van der Waals surface area (Å²) in [6, 6.07) is 0. The lowest BCUT2D eigenvalue weighted by Crippen LogP contribution is -2.49. The summed E-state index contributed by atoms with van der Waals surface area (Å²) in [5.41, 5.74) is 0.0938. The number of nitrogens with zero attached hydrogens (tertiary/aromatic N) is 1. The van der Waals surface area contributed by atoms with E-state index in [0.717, 1.165) is 31.7 Å². The largest absolute Gasteiger partial charge is 0.390 e. The van der Waals surface area contributed by atoms with E-state index in [4.69, 9.17) is 0 Å². The van der Waals surface area contributed by atoms with Crippen molar-refractivity contribution >= 4 is 12.6 Å². The Morgan fingerprint density at radius 3 is 2.20 bits per heavy atom. The molecule has 1 aliphatic heterocycles. The first kappa shape index (κ1) is 11.7. The molecule has 2 nitrogen and oxygen atoms in total. The molecule has 2 fully saturated rings. The lowest BCUT2D eigenvalue weighted by atomic mass is 9.69. The third-order valence-electron chi connectivity index (χ3n) is 4.24. The topological polar surface area (TPSA) is 23.5 Å². The van der Waals surface area contributed by atoms with Gasteiger partial charge >= 0.3 is 0 Å². The van der Waals surface area contributed by atoms with Crippen LogP contribution in [0.1, 0.15) is 39.0 Å². The molecule has 88 valence electrons. The Labute approximate surface area is 98.5 Å². The first-order valence-corrected chi connectivity index (χ1v) is 6.74. The Hall–Kier alpha value is 0.270. The van der Waals surface area contributed by atoms with Crippen molar-refractivity contribution in [2.75, 3.05) is 25.4 Å². The zero-order chi connectivity index (χ0) is 10.9. The van der Waals surface area contributed by atoms with Gasteiger partial charge < -0.3 is 10.0 Å². The second-order valence-corrected chi connectivity index (χ2v) is 6.10. The standard InChI is InChI=1S/C12H23NOS/c1-11(14)5-7-13(8-6-11)9-12(10-15)3-2-4-12/h14-15H,2-10H2,1H3. The monoisotopic (exact) mass is 229 g/mol. The first-order chi connectivity index (χ1) is 7.05. The van der Waals surface area contributed by atoms with E-state index in [1.165, 1.54) is 25.8 Å². The quantitative estimate of drug-likeness (QED) is 0.723. The predicted octanol–water partition coefficient (Wildman–Crippen LogP) is 1.93. The van der Waals surface area contributed by atoms with E-state index in [1.807, 2.05) is 6.92 Å². The van der Waals surface area contributed by atoms with Crippen LogP contribution in [-0.4, -0.2) is 41.0 Å². The van der Waals surface area contributed by atoms with E-state index in [1.54, 1.807) is 0 Å². The van der Waals surface area contributed by atoms with E-state index in [2.05, 4.69) is 17.5 Å². The summed E-state index contributed by atoms with van der Waals surface area (Å²) in [4.78, 5) is 2.52. The van der Waals surface area contributed by atoms with Crippen molar-refractivity contribution in [3.8, 4) is 0 Å². The molecule has 0 atom stereocenters. The van der Waals surface area contributed by atoms with E-state index in [0.29, 0.717) is 5.41 Å². The van der Waals surface area contributed by atoms with Gasteiger partial charge in [-0.05, 0) is 43.8 Å². The number of hydrogen-bond donors (Lipinski definition) is 2. The SMILES string of the molecule is CC1(O)CCN(CC2(CS)CCC2)CC1. The van der Waals surface area contributed by atoms with Gasteiger partial charge in [0.05, 0.1) is 5.60 Å². The van der Waals surface area contributed by atoms with Crippen molar-refractivity contribution < 1.29 is 5.11 Å². The molecule has 0 amide bonds. The van der Waals surface area contributed by atoms with Crippen LogP contribution in [0.5, 0.6) is 0 Å². The average Bonchev–Trinajstić information content (AvgIpc) is 2.14. The zero-order valence-electron chi connectivity index (χ0n) is 9.71. The molecular formula is C12H23NOS. The van der Waals surface area contributed by atoms with Crippen LogP contribution in [-0.2, 0) is 0 Å². The highest BCUT2D eigenvalue weighted by atomic mass is 32.1. The maximum absolute atomic E-state index is 9.88. The molecule has 0 unspecified atom stereocenters. The second kappa shape index (κ2) is 4.27. The van der Waals surface area contributed by atoms with Gasteiger partial charge in [0.1, 0.15) is 0 Å². The molecule has 0 radical (unpaired) electrons. The van der Waals surface area contributed by atoms with Crippen molar-refractivity contribution in [2.45, 2.75) is 44.6 Å². The Morgan fingerprint density at radius 1 is 1.20 bits per heavy atom. The molecular weight excluding hydrogens is 206 g/mol. The molecule has 2 rings (SSSR count). The molecule has 15 heavy (non-hydrogen) atoms. The number of likely N-dealkylation sites (tertiary alicyclic amines) is 1. The fourth-order valence-electron chi connectivity index (χ4n) is 2.71. The molecule has 1 N–H and O–H groups in total. The van der Waals surface area contributed by atoms with Crippen LogP contribution in [0.3, 0.4) is 0 Å². The van der Waals surface area contributed by atoms with Crippen LogP contribution < -0.4 is 0 Å². The number of aliphatic hydroxyl groups is 1. The summed E-state index contributed by atoms with van der Waals surface area (Å²) in [6.45, 7) is 5.28. The lowest BCUT2D eigenvalue weighted by Gasteiger charge is -2.46. The average molecular weight is 229 g/mol. The van der Waals surface area contributed by atoms with Gasteiger partial charge in [-0.15, -0.1) is 0 Å². The van der Waals surface area contributed by atoms with Gasteiger partial charge in [0, 0.05) is 19.6 Å². The number of thiol groups is 1. The van der Waals surface area contributed by atoms with Crippen LogP contribution in [0, 0.1) is 5.41 Å². The smallest absolute Gasteiger partial charge is 0.0644 e. The zero-order valence-corrected chi connectivity index (χ0v) is 10.6. The predicted molar refractivity (Wildman–Crippen MR) is 66.4 cm³/mol. The number of hydrogen-bond acceptors (Lipinski definition) is 3. The lowest BCUT2D eigenvalue weighted by molar-refractivity contribution is -0.0222. The summed E-state index contributed by atoms with van der Waals surface area (Å²) in [5, 5.41) is 9.88. The molecule has 3 heteroatoms. The van der Waals surface area contributed by atoms with Crippen LogP contribution in [0.25, 0.3) is 0 Å². The van der Waals surface area contributed by atoms with Crippen LogP contribution in [0.15, 0.2) is 0 Å². The summed E-state index contributed by atoms with van der Waals surface area (Å²) in [5.74, 6) is 1.03. The highest BCUT2D eigenvalue weighted by molar-refractivity contribution is 7.80. The van der Waals surface area contributed by atoms with Gasteiger partial charge in [0.15, 0.2) is 0 Å². The van der Waals surface area contributed by atoms with Crippen molar-refractivity contribution in [3.63, 3.8) is 0 Å². The summed E-state index contributed by atoms with van der Waals surface area (Å²) < 4.78 is 0. The van der Waals surface area contributed by atoms with Crippen molar-refractivity contribution in [3.05, 3.63) is 0 Å². The summed E-state index contributed by atoms with van der Waals surface area (Å²) in [6.07, 6.45) is 5.93. The van der Waals surface area contributed by atoms with Crippen LogP contribution >= 0.6 is 12.6 Å². The summed E-state index contributed by atoms with van der Waals surface area (Å²) in [7, 11) is 0. The first-order valence-electron chi connectivity index (χ1n) is 6.11. The van der Waals surface area contributed by atoms with Crippen molar-refractivity contribution in [1.29, 1.82) is 0 Å². The van der Waals surface area contributed by atoms with Crippen molar-refractivity contribution in [2.24, 2.45) is 5.41 Å². The molecule has 2 aliphatic rings. The van der Waals surface area contributed by atoms with E-state index < -0.39 is 5.60 Å². The van der Waals surface area contributed by atoms with Crippen LogP contribution in [0.2, 0.25) is 0 Å². The van der Waals surface area contributed by atoms with E-state index >= 15 is 0 Å². The third-order valence-corrected chi connectivity index (χ3v) is 4.91. The minimum Gasteiger partial charge on any atom is -0.390 e. The summed E-state index contributed by atoms with van der Waals surface area (Å²) >= 11 is 4.49. The number of rotatable bonds is 3. The molecule has 0 aromatic rings. The fraction of sp³-hybridized carbons (Fsp3) is 1.00. The van der Waals surface area contributed by atoms with Gasteiger partial charge in [0.2, 0.25) is 0 Å². The Balaban J connectivity index is 1.81. The molecule has 0 bridgehead atoms. The highest BCUT2D eigenvalue weighted by Gasteiger charge is 2.38. The van der Waals surface area contributed by atoms with Crippen LogP contribution in [0.4, 0.5) is 0 Å². The Bertz CT molecular complexity index is 210. The van der Waals surface area contributed by atoms with Gasteiger partial charge in [-0.2, -0.15) is 12.6 Å². The minimum absolute atomic E-state index is 0.412. The minimum atomic E-state index is -0.412. The van der Waals surface area contributed by atoms with Gasteiger partial charge in [-0.25, -0.2) is 0 Å². The van der Waals surface area contributed by atoms with Gasteiger partial charge in [0.25, 0.3) is 0 Å².